The van der Waals surface area contributed by atoms with Crippen LogP contribution in [0.25, 0.3) is 0 Å². The molecule has 0 rings (SSSR count). The van der Waals surface area contributed by atoms with Gasteiger partial charge in [0, 0.05) is 25.0 Å². The topological polar surface area (TPSA) is 58.4 Å². The van der Waals surface area contributed by atoms with Gasteiger partial charge in [-0.05, 0) is 27.2 Å². The third-order valence-electron chi connectivity index (χ3n) is 2.74. The predicted molar refractivity (Wildman–Crippen MR) is 76.0 cm³/mol. The standard InChI is InChI=1S/C12H25N3OS/c1-5-10(4)14-12(16)8-15(9(2)3)7-6-11(13)17/h9-10H,5-8H2,1-4H3,(H2,13,17)(H,14,16). The summed E-state index contributed by atoms with van der Waals surface area (Å²) < 4.78 is 0. The molecule has 100 valence electrons. The van der Waals surface area contributed by atoms with Gasteiger partial charge >= 0.3 is 0 Å². The highest BCUT2D eigenvalue weighted by molar-refractivity contribution is 7.80. The minimum absolute atomic E-state index is 0.0657. The van der Waals surface area contributed by atoms with Crippen LogP contribution in [0.15, 0.2) is 0 Å². The number of nitrogens with two attached hydrogens (primary N) is 1. The van der Waals surface area contributed by atoms with Gasteiger partial charge in [-0.1, -0.05) is 19.1 Å². The first-order valence-corrected chi connectivity index (χ1v) is 6.59. The first kappa shape index (κ1) is 16.3. The fourth-order valence-corrected chi connectivity index (χ4v) is 1.47. The van der Waals surface area contributed by atoms with Gasteiger partial charge in [0.1, 0.15) is 0 Å². The summed E-state index contributed by atoms with van der Waals surface area (Å²) in [6, 6.07) is 0.541. The van der Waals surface area contributed by atoms with Gasteiger partial charge in [0.05, 0.1) is 11.5 Å². The zero-order valence-corrected chi connectivity index (χ0v) is 12.1. The number of carbonyl (C=O) groups excluding carboxylic acids is 1. The maximum atomic E-state index is 11.8. The van der Waals surface area contributed by atoms with Crippen molar-refractivity contribution in [2.45, 2.75) is 52.6 Å². The summed E-state index contributed by atoms with van der Waals surface area (Å²) in [5, 5.41) is 2.96. The minimum Gasteiger partial charge on any atom is -0.393 e. The van der Waals surface area contributed by atoms with Crippen LogP contribution in [-0.2, 0) is 4.79 Å². The van der Waals surface area contributed by atoms with Crippen LogP contribution in [0.3, 0.4) is 0 Å². The van der Waals surface area contributed by atoms with Crippen LogP contribution in [0, 0.1) is 0 Å². The highest BCUT2D eigenvalue weighted by Crippen LogP contribution is 2.00. The largest absolute Gasteiger partial charge is 0.393 e. The molecule has 5 heteroatoms. The van der Waals surface area contributed by atoms with Crippen LogP contribution in [-0.4, -0.2) is 41.0 Å². The number of rotatable bonds is 8. The number of carbonyl (C=O) groups is 1. The Kier molecular flexibility index (Phi) is 8.08. The number of nitrogens with one attached hydrogen (secondary N) is 1. The Morgan fingerprint density at radius 3 is 2.41 bits per heavy atom. The molecule has 0 aliphatic carbocycles. The third-order valence-corrected chi connectivity index (χ3v) is 2.95. The second kappa shape index (κ2) is 8.42. The molecule has 0 aromatic rings. The Morgan fingerprint density at radius 1 is 1.41 bits per heavy atom. The molecule has 0 aromatic heterocycles. The average Bonchev–Trinajstić information content (AvgIpc) is 2.23. The lowest BCUT2D eigenvalue weighted by Crippen LogP contribution is -2.44. The van der Waals surface area contributed by atoms with Crippen LogP contribution in [0.4, 0.5) is 0 Å². The van der Waals surface area contributed by atoms with Gasteiger partial charge in [0.15, 0.2) is 0 Å². The summed E-state index contributed by atoms with van der Waals surface area (Å²) in [5.41, 5.74) is 5.48. The van der Waals surface area contributed by atoms with Crippen LogP contribution >= 0.6 is 12.2 Å². The van der Waals surface area contributed by atoms with Crippen LogP contribution in [0.1, 0.15) is 40.5 Å². The minimum atomic E-state index is 0.0657. The average molecular weight is 259 g/mol. The number of nitrogens with zero attached hydrogens (tertiary/aromatic N) is 1. The van der Waals surface area contributed by atoms with Crippen LogP contribution in [0.5, 0.6) is 0 Å². The Labute approximate surface area is 110 Å². The second-order valence-electron chi connectivity index (χ2n) is 4.66. The van der Waals surface area contributed by atoms with E-state index in [0.717, 1.165) is 13.0 Å². The van der Waals surface area contributed by atoms with Crippen molar-refractivity contribution in [3.05, 3.63) is 0 Å². The van der Waals surface area contributed by atoms with Crippen LogP contribution < -0.4 is 11.1 Å². The molecule has 0 fully saturated rings. The monoisotopic (exact) mass is 259 g/mol. The highest BCUT2D eigenvalue weighted by Gasteiger charge is 2.14. The normalized spacial score (nSPS) is 12.8. The quantitative estimate of drug-likeness (QED) is 0.645. The number of thiocarbonyl (C=S) groups is 1. The smallest absolute Gasteiger partial charge is 0.234 e. The summed E-state index contributed by atoms with van der Waals surface area (Å²) in [7, 11) is 0. The molecule has 0 aliphatic rings. The van der Waals surface area contributed by atoms with Crippen LogP contribution in [0.2, 0.25) is 0 Å². The molecule has 0 radical (unpaired) electrons. The molecule has 4 nitrogen and oxygen atoms in total. The van der Waals surface area contributed by atoms with Gasteiger partial charge in [-0.25, -0.2) is 0 Å². The van der Waals surface area contributed by atoms with E-state index in [9.17, 15) is 4.79 Å². The van der Waals surface area contributed by atoms with Crippen molar-refractivity contribution in [1.82, 2.24) is 10.2 Å². The van der Waals surface area contributed by atoms with E-state index in [2.05, 4.69) is 31.0 Å². The molecular formula is C12H25N3OS. The zero-order chi connectivity index (χ0) is 13.4. The maximum absolute atomic E-state index is 11.8. The molecule has 0 aromatic carbocycles. The van der Waals surface area contributed by atoms with Gasteiger partial charge in [-0.2, -0.15) is 0 Å². The lowest BCUT2D eigenvalue weighted by Gasteiger charge is -2.26. The van der Waals surface area contributed by atoms with Crippen molar-refractivity contribution in [1.29, 1.82) is 0 Å². The summed E-state index contributed by atoms with van der Waals surface area (Å²) >= 11 is 4.85. The molecular weight excluding hydrogens is 234 g/mol. The second-order valence-corrected chi connectivity index (χ2v) is 5.18. The van der Waals surface area contributed by atoms with Gasteiger partial charge in [0.2, 0.25) is 5.91 Å². The molecule has 1 unspecified atom stereocenters. The number of hydrogen-bond acceptors (Lipinski definition) is 3. The van der Waals surface area contributed by atoms with E-state index in [1.165, 1.54) is 0 Å². The summed E-state index contributed by atoms with van der Waals surface area (Å²) in [5.74, 6) is 0.0657. The SMILES string of the molecule is CCC(C)NC(=O)CN(CCC(N)=S)C(C)C. The lowest BCUT2D eigenvalue weighted by molar-refractivity contribution is -0.123. The van der Waals surface area contributed by atoms with E-state index >= 15 is 0 Å². The Bertz CT molecular complexity index is 256. The van der Waals surface area contributed by atoms with Crippen molar-refractivity contribution < 1.29 is 4.79 Å². The molecule has 3 N–H and O–H groups in total. The van der Waals surface area contributed by atoms with Crippen molar-refractivity contribution in [3.63, 3.8) is 0 Å². The molecule has 0 saturated heterocycles. The number of amides is 1. The van der Waals surface area contributed by atoms with E-state index in [4.69, 9.17) is 18.0 Å². The fraction of sp³-hybridized carbons (Fsp3) is 0.833. The van der Waals surface area contributed by atoms with Crippen molar-refractivity contribution in [2.75, 3.05) is 13.1 Å². The summed E-state index contributed by atoms with van der Waals surface area (Å²) in [6.07, 6.45) is 1.60. The van der Waals surface area contributed by atoms with E-state index in [0.29, 0.717) is 24.0 Å². The Morgan fingerprint density at radius 2 is 2.00 bits per heavy atom. The van der Waals surface area contributed by atoms with Gasteiger partial charge in [0.25, 0.3) is 0 Å². The van der Waals surface area contributed by atoms with Crippen molar-refractivity contribution in [3.8, 4) is 0 Å². The highest BCUT2D eigenvalue weighted by atomic mass is 32.1. The van der Waals surface area contributed by atoms with Crippen molar-refractivity contribution in [2.24, 2.45) is 5.73 Å². The third kappa shape index (κ3) is 8.10. The molecule has 0 bridgehead atoms. The zero-order valence-electron chi connectivity index (χ0n) is 11.3. The molecule has 0 heterocycles. The summed E-state index contributed by atoms with van der Waals surface area (Å²) in [6.45, 7) is 9.34. The summed E-state index contributed by atoms with van der Waals surface area (Å²) in [4.78, 5) is 14.3. The van der Waals surface area contributed by atoms with E-state index in [1.54, 1.807) is 0 Å². The first-order chi connectivity index (χ1) is 7.86. The predicted octanol–water partition coefficient (Wildman–Crippen LogP) is 1.29. The molecule has 17 heavy (non-hydrogen) atoms. The number of hydrogen-bond donors (Lipinski definition) is 2. The Balaban J connectivity index is 4.15. The molecule has 0 saturated carbocycles. The van der Waals surface area contributed by atoms with Gasteiger partial charge < -0.3 is 11.1 Å². The molecule has 0 spiro atoms. The molecule has 1 atom stereocenters. The lowest BCUT2D eigenvalue weighted by atomic mass is 10.2. The maximum Gasteiger partial charge on any atom is 0.234 e. The first-order valence-electron chi connectivity index (χ1n) is 6.18. The van der Waals surface area contributed by atoms with E-state index < -0.39 is 0 Å². The molecule has 1 amide bonds. The Hall–Kier alpha value is -0.680. The van der Waals surface area contributed by atoms with E-state index in [-0.39, 0.29) is 11.9 Å². The van der Waals surface area contributed by atoms with Gasteiger partial charge in [-0.15, -0.1) is 0 Å². The van der Waals surface area contributed by atoms with Gasteiger partial charge in [-0.3, -0.25) is 9.69 Å². The fourth-order valence-electron chi connectivity index (χ4n) is 1.38. The van der Waals surface area contributed by atoms with E-state index in [1.807, 2.05) is 6.92 Å². The molecule has 0 aliphatic heterocycles. The van der Waals surface area contributed by atoms with Crippen molar-refractivity contribution >= 4 is 23.1 Å².